The van der Waals surface area contributed by atoms with Crippen LogP contribution < -0.4 is 10.1 Å². The van der Waals surface area contributed by atoms with E-state index < -0.39 is 11.9 Å². The molecule has 0 saturated carbocycles. The lowest BCUT2D eigenvalue weighted by Crippen LogP contribution is -2.14. The molecule has 2 heterocycles. The number of methoxy groups -OCH3 is 1. The van der Waals surface area contributed by atoms with Crippen molar-refractivity contribution in [2.24, 2.45) is 0 Å². The summed E-state index contributed by atoms with van der Waals surface area (Å²) in [6, 6.07) is 11.4. The van der Waals surface area contributed by atoms with E-state index in [1.165, 1.54) is 6.20 Å². The number of nitrogens with one attached hydrogen (secondary N) is 1. The lowest BCUT2D eigenvalue weighted by Gasteiger charge is -2.17. The first-order valence-corrected chi connectivity index (χ1v) is 8.75. The number of alkyl halides is 3. The van der Waals surface area contributed by atoms with Crippen LogP contribution in [-0.2, 0) is 12.6 Å². The minimum atomic E-state index is -4.58. The van der Waals surface area contributed by atoms with Gasteiger partial charge in [0.05, 0.1) is 13.2 Å². The summed E-state index contributed by atoms with van der Waals surface area (Å²) in [5, 5.41) is 3.14. The molecule has 28 heavy (non-hydrogen) atoms. The van der Waals surface area contributed by atoms with Gasteiger partial charge in [-0.05, 0) is 42.2 Å². The number of benzene rings is 1. The third-order valence-corrected chi connectivity index (χ3v) is 4.68. The van der Waals surface area contributed by atoms with Crippen molar-refractivity contribution in [3.63, 3.8) is 0 Å². The summed E-state index contributed by atoms with van der Waals surface area (Å²) in [5.41, 5.74) is 1.35. The van der Waals surface area contributed by atoms with Crippen molar-refractivity contribution in [1.82, 2.24) is 15.0 Å². The van der Waals surface area contributed by atoms with Crippen LogP contribution in [0.5, 0.6) is 5.75 Å². The number of halogens is 3. The molecule has 0 bridgehead atoms. The fourth-order valence-electron chi connectivity index (χ4n) is 3.42. The van der Waals surface area contributed by atoms with Crippen LogP contribution in [0.2, 0.25) is 0 Å². The standard InChI is InChI=1S/C20H17F3N4O/c1-28-16-7-4-5-12-13(16)8-9-14(12)25-18-11-17(20(21,22)23)26-19(27-18)15-6-2-3-10-24-15/h2-7,10-11,14H,8-9H2,1H3,(H,25,26,27). The molecule has 0 spiro atoms. The van der Waals surface area contributed by atoms with Crippen LogP contribution in [0.3, 0.4) is 0 Å². The van der Waals surface area contributed by atoms with E-state index in [9.17, 15) is 13.2 Å². The van der Waals surface area contributed by atoms with Crippen molar-refractivity contribution in [2.75, 3.05) is 12.4 Å². The number of fused-ring (bicyclic) bond motifs is 1. The Labute approximate surface area is 159 Å². The van der Waals surface area contributed by atoms with Crippen LogP contribution in [0.15, 0.2) is 48.7 Å². The highest BCUT2D eigenvalue weighted by molar-refractivity contribution is 5.55. The van der Waals surface area contributed by atoms with Gasteiger partial charge in [0.2, 0.25) is 0 Å². The molecule has 1 N–H and O–H groups in total. The second-order valence-electron chi connectivity index (χ2n) is 6.44. The number of hydrogen-bond acceptors (Lipinski definition) is 5. The zero-order valence-electron chi connectivity index (χ0n) is 15.0. The van der Waals surface area contributed by atoms with E-state index in [0.29, 0.717) is 0 Å². The van der Waals surface area contributed by atoms with Gasteiger partial charge in [-0.3, -0.25) is 4.98 Å². The Kier molecular flexibility index (Phi) is 4.62. The number of ether oxygens (including phenoxy) is 1. The normalized spacial score (nSPS) is 15.9. The van der Waals surface area contributed by atoms with E-state index in [4.69, 9.17) is 4.74 Å². The first-order chi connectivity index (χ1) is 13.5. The molecule has 5 nitrogen and oxygen atoms in total. The quantitative estimate of drug-likeness (QED) is 0.706. The zero-order chi connectivity index (χ0) is 19.7. The highest BCUT2D eigenvalue weighted by Crippen LogP contribution is 2.39. The number of aromatic nitrogens is 3. The van der Waals surface area contributed by atoms with Crippen LogP contribution in [0.25, 0.3) is 11.5 Å². The summed E-state index contributed by atoms with van der Waals surface area (Å²) in [7, 11) is 1.61. The van der Waals surface area contributed by atoms with E-state index >= 15 is 0 Å². The van der Waals surface area contributed by atoms with Gasteiger partial charge in [-0.1, -0.05) is 18.2 Å². The van der Waals surface area contributed by atoms with E-state index in [1.807, 2.05) is 18.2 Å². The molecule has 8 heteroatoms. The third kappa shape index (κ3) is 3.49. The van der Waals surface area contributed by atoms with Crippen molar-refractivity contribution in [3.8, 4) is 17.3 Å². The third-order valence-electron chi connectivity index (χ3n) is 4.68. The van der Waals surface area contributed by atoms with E-state index in [-0.39, 0.29) is 23.4 Å². The molecule has 1 aliphatic rings. The first kappa shape index (κ1) is 18.2. The fourth-order valence-corrected chi connectivity index (χ4v) is 3.42. The minimum absolute atomic E-state index is 0.0678. The van der Waals surface area contributed by atoms with Gasteiger partial charge in [0.1, 0.15) is 17.3 Å². The summed E-state index contributed by atoms with van der Waals surface area (Å²) in [4.78, 5) is 12.0. The van der Waals surface area contributed by atoms with Gasteiger partial charge in [0.25, 0.3) is 0 Å². The second kappa shape index (κ2) is 7.10. The molecular weight excluding hydrogens is 369 g/mol. The maximum Gasteiger partial charge on any atom is 0.433 e. The number of hydrogen-bond donors (Lipinski definition) is 1. The van der Waals surface area contributed by atoms with Crippen LogP contribution in [0.4, 0.5) is 19.0 Å². The molecule has 0 radical (unpaired) electrons. The second-order valence-corrected chi connectivity index (χ2v) is 6.44. The maximum atomic E-state index is 13.4. The molecule has 3 aromatic rings. The van der Waals surface area contributed by atoms with Crippen LogP contribution in [0.1, 0.15) is 29.3 Å². The molecule has 1 aromatic carbocycles. The van der Waals surface area contributed by atoms with Gasteiger partial charge in [-0.2, -0.15) is 13.2 Å². The average Bonchev–Trinajstić information content (AvgIpc) is 3.11. The molecule has 0 aliphatic heterocycles. The average molecular weight is 386 g/mol. The number of nitrogens with zero attached hydrogens (tertiary/aromatic N) is 3. The summed E-state index contributed by atoms with van der Waals surface area (Å²) in [6.07, 6.45) is -1.58. The SMILES string of the molecule is COc1cccc2c1CCC2Nc1cc(C(F)(F)F)nc(-c2ccccn2)n1. The Hall–Kier alpha value is -3.16. The van der Waals surface area contributed by atoms with Crippen LogP contribution in [-0.4, -0.2) is 22.1 Å². The van der Waals surface area contributed by atoms with Crippen molar-refractivity contribution >= 4 is 5.82 Å². The smallest absolute Gasteiger partial charge is 0.433 e. The molecule has 0 saturated heterocycles. The molecular formula is C20H17F3N4O. The van der Waals surface area contributed by atoms with Gasteiger partial charge in [0, 0.05) is 12.3 Å². The van der Waals surface area contributed by atoms with Crippen molar-refractivity contribution in [1.29, 1.82) is 0 Å². The molecule has 4 rings (SSSR count). The lowest BCUT2D eigenvalue weighted by molar-refractivity contribution is -0.141. The predicted octanol–water partition coefficient (Wildman–Crippen LogP) is 4.67. The molecule has 2 aromatic heterocycles. The molecule has 144 valence electrons. The van der Waals surface area contributed by atoms with Gasteiger partial charge >= 0.3 is 6.18 Å². The topological polar surface area (TPSA) is 59.9 Å². The summed E-state index contributed by atoms with van der Waals surface area (Å²) < 4.78 is 45.5. The Morgan fingerprint density at radius 1 is 1.11 bits per heavy atom. The molecule has 1 aliphatic carbocycles. The highest BCUT2D eigenvalue weighted by Gasteiger charge is 2.34. The first-order valence-electron chi connectivity index (χ1n) is 8.75. The Balaban J connectivity index is 1.71. The molecule has 1 atom stereocenters. The molecule has 0 fully saturated rings. The monoisotopic (exact) mass is 386 g/mol. The van der Waals surface area contributed by atoms with E-state index in [1.54, 1.807) is 25.3 Å². The maximum absolute atomic E-state index is 13.4. The summed E-state index contributed by atoms with van der Waals surface area (Å²) >= 11 is 0. The summed E-state index contributed by atoms with van der Waals surface area (Å²) in [5.74, 6) is 0.833. The van der Waals surface area contributed by atoms with Gasteiger partial charge < -0.3 is 10.1 Å². The Bertz CT molecular complexity index is 992. The summed E-state index contributed by atoms with van der Waals surface area (Å²) in [6.45, 7) is 0. The largest absolute Gasteiger partial charge is 0.496 e. The Morgan fingerprint density at radius 2 is 1.96 bits per heavy atom. The van der Waals surface area contributed by atoms with Gasteiger partial charge in [-0.15, -0.1) is 0 Å². The number of pyridine rings is 1. The van der Waals surface area contributed by atoms with E-state index in [2.05, 4.69) is 20.3 Å². The minimum Gasteiger partial charge on any atom is -0.496 e. The fraction of sp³-hybridized carbons (Fsp3) is 0.250. The van der Waals surface area contributed by atoms with Gasteiger partial charge in [-0.25, -0.2) is 9.97 Å². The molecule has 1 unspecified atom stereocenters. The number of anilines is 1. The Morgan fingerprint density at radius 3 is 2.68 bits per heavy atom. The zero-order valence-corrected chi connectivity index (χ0v) is 15.0. The molecule has 0 amide bonds. The van der Waals surface area contributed by atoms with Crippen molar-refractivity contribution < 1.29 is 17.9 Å². The van der Waals surface area contributed by atoms with Crippen LogP contribution >= 0.6 is 0 Å². The predicted molar refractivity (Wildman–Crippen MR) is 97.9 cm³/mol. The van der Waals surface area contributed by atoms with Crippen molar-refractivity contribution in [2.45, 2.75) is 25.1 Å². The highest BCUT2D eigenvalue weighted by atomic mass is 19.4. The number of rotatable bonds is 4. The van der Waals surface area contributed by atoms with E-state index in [0.717, 1.165) is 35.8 Å². The van der Waals surface area contributed by atoms with Crippen molar-refractivity contribution in [3.05, 3.63) is 65.5 Å². The van der Waals surface area contributed by atoms with Gasteiger partial charge in [0.15, 0.2) is 11.5 Å². The lowest BCUT2D eigenvalue weighted by atomic mass is 10.1. The van der Waals surface area contributed by atoms with Crippen LogP contribution in [0, 0.1) is 0 Å².